The van der Waals surface area contributed by atoms with E-state index in [-0.39, 0.29) is 19.8 Å². The van der Waals surface area contributed by atoms with Crippen molar-refractivity contribution in [2.75, 3.05) is 33.0 Å². The quantitative estimate of drug-likeness (QED) is 0.662. The minimum Gasteiger partial charge on any atom is -0.487 e. The summed E-state index contributed by atoms with van der Waals surface area (Å²) < 4.78 is 21.8. The second kappa shape index (κ2) is 10.00. The predicted molar refractivity (Wildman–Crippen MR) is 76.3 cm³/mol. The molecule has 0 saturated heterocycles. The van der Waals surface area contributed by atoms with Gasteiger partial charge < -0.3 is 24.1 Å². The number of nitriles is 1. The second-order valence-electron chi connectivity index (χ2n) is 4.00. The van der Waals surface area contributed by atoms with Crippen molar-refractivity contribution in [3.63, 3.8) is 0 Å². The van der Waals surface area contributed by atoms with Crippen molar-refractivity contribution < 1.29 is 24.1 Å². The molecule has 0 spiro atoms. The Balaban J connectivity index is 2.73. The first-order valence-corrected chi connectivity index (χ1v) is 6.88. The molecule has 0 saturated carbocycles. The summed E-state index contributed by atoms with van der Waals surface area (Å²) in [5.41, 5.74) is 0.460. The maximum absolute atomic E-state index is 8.90. The molecule has 1 aromatic carbocycles. The zero-order valence-corrected chi connectivity index (χ0v) is 12.4. The molecule has 0 atom stereocenters. The third-order valence-corrected chi connectivity index (χ3v) is 2.50. The van der Waals surface area contributed by atoms with Crippen LogP contribution in [0.15, 0.2) is 18.2 Å². The third kappa shape index (κ3) is 6.00. The highest BCUT2D eigenvalue weighted by atomic mass is 16.7. The average Bonchev–Trinajstić information content (AvgIpc) is 2.51. The molecular formula is C15H21NO5. The van der Waals surface area contributed by atoms with Crippen LogP contribution < -0.4 is 9.47 Å². The predicted octanol–water partition coefficient (Wildman–Crippen LogP) is 1.71. The largest absolute Gasteiger partial charge is 0.487 e. The summed E-state index contributed by atoms with van der Waals surface area (Å²) in [7, 11) is 0. The summed E-state index contributed by atoms with van der Waals surface area (Å²) in [4.78, 5) is 0. The number of aliphatic hydroxyl groups is 1. The van der Waals surface area contributed by atoms with Crippen LogP contribution in [0.2, 0.25) is 0 Å². The molecule has 6 heteroatoms. The molecule has 0 aliphatic heterocycles. The van der Waals surface area contributed by atoms with E-state index in [0.717, 1.165) is 0 Å². The first-order valence-electron chi connectivity index (χ1n) is 6.88. The van der Waals surface area contributed by atoms with Crippen molar-refractivity contribution in [1.82, 2.24) is 0 Å². The van der Waals surface area contributed by atoms with E-state index < -0.39 is 6.29 Å². The van der Waals surface area contributed by atoms with Gasteiger partial charge >= 0.3 is 0 Å². The minimum atomic E-state index is -0.457. The summed E-state index contributed by atoms with van der Waals surface area (Å²) >= 11 is 0. The van der Waals surface area contributed by atoms with Crippen molar-refractivity contribution in [3.8, 4) is 17.6 Å². The van der Waals surface area contributed by atoms with Gasteiger partial charge in [0, 0.05) is 19.3 Å². The molecule has 1 rings (SSSR count). The fourth-order valence-corrected chi connectivity index (χ4v) is 1.64. The van der Waals surface area contributed by atoms with Gasteiger partial charge in [-0.25, -0.2) is 0 Å². The van der Waals surface area contributed by atoms with Gasteiger partial charge in [-0.05, 0) is 26.0 Å². The smallest absolute Gasteiger partial charge is 0.191 e. The Bertz CT molecular complexity index is 452. The van der Waals surface area contributed by atoms with Crippen LogP contribution in [-0.2, 0) is 9.47 Å². The normalized spacial score (nSPS) is 10.4. The van der Waals surface area contributed by atoms with E-state index in [1.54, 1.807) is 18.2 Å². The molecule has 1 aromatic rings. The molecule has 0 unspecified atom stereocenters. The zero-order valence-electron chi connectivity index (χ0n) is 12.4. The molecule has 21 heavy (non-hydrogen) atoms. The molecule has 0 aliphatic rings. The van der Waals surface area contributed by atoms with E-state index in [4.69, 9.17) is 29.3 Å². The van der Waals surface area contributed by atoms with Crippen LogP contribution in [0.4, 0.5) is 0 Å². The molecule has 6 nitrogen and oxygen atoms in total. The third-order valence-electron chi connectivity index (χ3n) is 2.50. The van der Waals surface area contributed by atoms with Gasteiger partial charge in [0.25, 0.3) is 0 Å². The highest BCUT2D eigenvalue weighted by Crippen LogP contribution is 2.28. The molecule has 1 N–H and O–H groups in total. The number of aliphatic hydroxyl groups excluding tert-OH is 1. The van der Waals surface area contributed by atoms with Crippen molar-refractivity contribution >= 4 is 0 Å². The van der Waals surface area contributed by atoms with E-state index in [2.05, 4.69) is 0 Å². The Morgan fingerprint density at radius 2 is 1.86 bits per heavy atom. The van der Waals surface area contributed by atoms with Crippen molar-refractivity contribution in [2.45, 2.75) is 20.1 Å². The fourth-order valence-electron chi connectivity index (χ4n) is 1.64. The number of benzene rings is 1. The highest BCUT2D eigenvalue weighted by Gasteiger charge is 2.12. The summed E-state index contributed by atoms with van der Waals surface area (Å²) in [6.45, 7) is 5.03. The molecule has 116 valence electrons. The Labute approximate surface area is 124 Å². The second-order valence-corrected chi connectivity index (χ2v) is 4.00. The number of hydrogen-bond donors (Lipinski definition) is 1. The van der Waals surface area contributed by atoms with E-state index in [1.165, 1.54) is 0 Å². The molecular weight excluding hydrogens is 274 g/mol. The number of rotatable bonds is 10. The van der Waals surface area contributed by atoms with Gasteiger partial charge in [0.05, 0.1) is 18.2 Å². The molecule has 0 bridgehead atoms. The molecule has 0 radical (unpaired) electrons. The van der Waals surface area contributed by atoms with E-state index in [1.807, 2.05) is 19.9 Å². The van der Waals surface area contributed by atoms with Crippen molar-refractivity contribution in [1.29, 1.82) is 5.26 Å². The SMILES string of the molecule is CCOC(COc1ccc(C#N)cc1OCCO)OCC. The van der Waals surface area contributed by atoms with Crippen LogP contribution in [-0.4, -0.2) is 44.4 Å². The monoisotopic (exact) mass is 295 g/mol. The molecule has 0 heterocycles. The molecule has 0 amide bonds. The lowest BCUT2D eigenvalue weighted by molar-refractivity contribution is -0.152. The number of nitrogens with zero attached hydrogens (tertiary/aromatic N) is 1. The molecule has 0 aliphatic carbocycles. The molecule has 0 fully saturated rings. The Morgan fingerprint density at radius 3 is 2.43 bits per heavy atom. The van der Waals surface area contributed by atoms with Gasteiger partial charge in [0.15, 0.2) is 17.8 Å². The summed E-state index contributed by atoms with van der Waals surface area (Å²) in [5.74, 6) is 0.890. The Hall–Kier alpha value is -1.81. The fraction of sp³-hybridized carbons (Fsp3) is 0.533. The number of ether oxygens (including phenoxy) is 4. The summed E-state index contributed by atoms with van der Waals surface area (Å²) in [6.07, 6.45) is -0.457. The van der Waals surface area contributed by atoms with E-state index in [9.17, 15) is 0 Å². The average molecular weight is 295 g/mol. The lowest BCUT2D eigenvalue weighted by atomic mass is 10.2. The maximum atomic E-state index is 8.90. The highest BCUT2D eigenvalue weighted by molar-refractivity contribution is 5.46. The van der Waals surface area contributed by atoms with Gasteiger partial charge in [-0.15, -0.1) is 0 Å². The summed E-state index contributed by atoms with van der Waals surface area (Å²) in [6, 6.07) is 6.89. The van der Waals surface area contributed by atoms with Crippen LogP contribution in [0.25, 0.3) is 0 Å². The van der Waals surface area contributed by atoms with Gasteiger partial charge in [-0.3, -0.25) is 0 Å². The van der Waals surface area contributed by atoms with Crippen molar-refractivity contribution in [3.05, 3.63) is 23.8 Å². The van der Waals surface area contributed by atoms with E-state index in [0.29, 0.717) is 30.3 Å². The zero-order chi connectivity index (χ0) is 15.5. The Morgan fingerprint density at radius 1 is 1.14 bits per heavy atom. The lowest BCUT2D eigenvalue weighted by Gasteiger charge is -2.19. The van der Waals surface area contributed by atoms with Crippen LogP contribution in [0.5, 0.6) is 11.5 Å². The molecule has 0 aromatic heterocycles. The first kappa shape index (κ1) is 17.2. The van der Waals surface area contributed by atoms with Gasteiger partial charge in [0.1, 0.15) is 13.2 Å². The van der Waals surface area contributed by atoms with Crippen LogP contribution >= 0.6 is 0 Å². The van der Waals surface area contributed by atoms with E-state index >= 15 is 0 Å². The topological polar surface area (TPSA) is 80.9 Å². The van der Waals surface area contributed by atoms with Crippen LogP contribution in [0, 0.1) is 11.3 Å². The van der Waals surface area contributed by atoms with Gasteiger partial charge in [0.2, 0.25) is 0 Å². The van der Waals surface area contributed by atoms with Crippen LogP contribution in [0.3, 0.4) is 0 Å². The Kier molecular flexibility index (Phi) is 8.21. The summed E-state index contributed by atoms with van der Waals surface area (Å²) in [5, 5.41) is 17.7. The minimum absolute atomic E-state index is 0.114. The lowest BCUT2D eigenvalue weighted by Crippen LogP contribution is -2.25. The standard InChI is InChI=1S/C15H21NO5/c1-3-18-15(19-4-2)11-21-13-6-5-12(10-16)9-14(13)20-8-7-17/h5-6,9,15,17H,3-4,7-8,11H2,1-2H3. The number of hydrogen-bond acceptors (Lipinski definition) is 6. The van der Waals surface area contributed by atoms with Gasteiger partial charge in [-0.1, -0.05) is 0 Å². The van der Waals surface area contributed by atoms with Crippen LogP contribution in [0.1, 0.15) is 19.4 Å². The van der Waals surface area contributed by atoms with Crippen molar-refractivity contribution in [2.24, 2.45) is 0 Å². The first-order chi connectivity index (χ1) is 10.2. The van der Waals surface area contributed by atoms with Gasteiger partial charge in [-0.2, -0.15) is 5.26 Å². The maximum Gasteiger partial charge on any atom is 0.191 e.